The van der Waals surface area contributed by atoms with Crippen LogP contribution in [0.3, 0.4) is 0 Å². The molecule has 1 amide bonds. The van der Waals surface area contributed by atoms with Crippen LogP contribution >= 0.6 is 11.3 Å². The number of aldehydes is 1. The molecular formula is C20H25N3O2S. The number of amides is 1. The van der Waals surface area contributed by atoms with Gasteiger partial charge in [-0.1, -0.05) is 20.8 Å². The Morgan fingerprint density at radius 1 is 1.23 bits per heavy atom. The molecule has 1 aromatic carbocycles. The van der Waals surface area contributed by atoms with Crippen LogP contribution in [-0.4, -0.2) is 30.3 Å². The number of hydrogen-bond donors (Lipinski definition) is 1. The minimum Gasteiger partial charge on any atom is -0.371 e. The van der Waals surface area contributed by atoms with Gasteiger partial charge in [0.1, 0.15) is 6.29 Å². The van der Waals surface area contributed by atoms with E-state index in [2.05, 4.69) is 36.0 Å². The minimum atomic E-state index is -0.00971. The summed E-state index contributed by atoms with van der Waals surface area (Å²) in [5.41, 5.74) is 2.78. The van der Waals surface area contributed by atoms with Crippen molar-refractivity contribution in [2.45, 2.75) is 39.0 Å². The quantitative estimate of drug-likeness (QED) is 0.822. The highest BCUT2D eigenvalue weighted by Gasteiger charge is 2.26. The maximum atomic E-state index is 12.6. The fourth-order valence-corrected chi connectivity index (χ4v) is 3.99. The zero-order valence-electron chi connectivity index (χ0n) is 15.5. The van der Waals surface area contributed by atoms with E-state index in [9.17, 15) is 9.59 Å². The highest BCUT2D eigenvalue weighted by molar-refractivity contribution is 7.13. The second kappa shape index (κ2) is 7.58. The molecule has 0 aliphatic carbocycles. The van der Waals surface area contributed by atoms with E-state index < -0.39 is 0 Å². The monoisotopic (exact) mass is 371 g/mol. The van der Waals surface area contributed by atoms with Crippen molar-refractivity contribution in [3.63, 3.8) is 0 Å². The van der Waals surface area contributed by atoms with Gasteiger partial charge in [0.05, 0.1) is 5.69 Å². The predicted molar refractivity (Wildman–Crippen MR) is 106 cm³/mol. The molecule has 0 bridgehead atoms. The Balaban J connectivity index is 1.54. The maximum absolute atomic E-state index is 12.6. The van der Waals surface area contributed by atoms with E-state index in [1.165, 1.54) is 11.3 Å². The van der Waals surface area contributed by atoms with E-state index in [1.54, 1.807) is 0 Å². The first-order valence-corrected chi connectivity index (χ1v) is 9.82. The minimum absolute atomic E-state index is 0.00971. The number of rotatable bonds is 4. The Morgan fingerprint density at radius 2 is 1.88 bits per heavy atom. The smallest absolute Gasteiger partial charge is 0.229 e. The lowest BCUT2D eigenvalue weighted by atomic mass is 9.93. The molecule has 1 fully saturated rings. The molecule has 5 nitrogen and oxygen atoms in total. The Morgan fingerprint density at radius 3 is 2.42 bits per heavy atom. The summed E-state index contributed by atoms with van der Waals surface area (Å²) in [5, 5.41) is 5.69. The van der Waals surface area contributed by atoms with Crippen LogP contribution < -0.4 is 10.2 Å². The second-order valence-electron chi connectivity index (χ2n) is 7.75. The lowest BCUT2D eigenvalue weighted by Crippen LogP contribution is -2.38. The number of nitrogens with one attached hydrogen (secondary N) is 1. The summed E-state index contributed by atoms with van der Waals surface area (Å²) in [4.78, 5) is 30.1. The number of carbonyl (C=O) groups is 2. The number of hydrogen-bond acceptors (Lipinski definition) is 5. The van der Waals surface area contributed by atoms with Gasteiger partial charge >= 0.3 is 0 Å². The molecule has 1 aromatic heterocycles. The summed E-state index contributed by atoms with van der Waals surface area (Å²) in [6.45, 7) is 8.02. The number of aromatic nitrogens is 1. The molecule has 1 aliphatic rings. The Kier molecular flexibility index (Phi) is 5.41. The van der Waals surface area contributed by atoms with Crippen LogP contribution in [0.1, 0.15) is 49.7 Å². The molecule has 0 atom stereocenters. The van der Waals surface area contributed by atoms with Gasteiger partial charge < -0.3 is 10.2 Å². The van der Waals surface area contributed by atoms with Crippen LogP contribution in [0.5, 0.6) is 0 Å². The first kappa shape index (κ1) is 18.6. The van der Waals surface area contributed by atoms with Crippen LogP contribution in [0.25, 0.3) is 0 Å². The van der Waals surface area contributed by atoms with Gasteiger partial charge in [0.15, 0.2) is 5.13 Å². The summed E-state index contributed by atoms with van der Waals surface area (Å²) in [7, 11) is 0. The average molecular weight is 372 g/mol. The normalized spacial score (nSPS) is 15.7. The second-order valence-corrected chi connectivity index (χ2v) is 8.61. The third-order valence-electron chi connectivity index (χ3n) is 4.76. The van der Waals surface area contributed by atoms with Crippen molar-refractivity contribution in [2.24, 2.45) is 5.92 Å². The molecule has 2 aromatic rings. The van der Waals surface area contributed by atoms with Crippen molar-refractivity contribution in [3.8, 4) is 0 Å². The van der Waals surface area contributed by atoms with Crippen LogP contribution in [0, 0.1) is 5.92 Å². The van der Waals surface area contributed by atoms with Crippen molar-refractivity contribution in [1.29, 1.82) is 0 Å². The molecule has 1 N–H and O–H groups in total. The molecule has 0 unspecified atom stereocenters. The van der Waals surface area contributed by atoms with E-state index in [4.69, 9.17) is 0 Å². The first-order valence-electron chi connectivity index (χ1n) is 8.94. The third-order valence-corrected chi connectivity index (χ3v) is 5.52. The molecule has 1 saturated heterocycles. The topological polar surface area (TPSA) is 62.3 Å². The van der Waals surface area contributed by atoms with E-state index in [1.807, 2.05) is 29.6 Å². The zero-order chi connectivity index (χ0) is 18.7. The number of thiazole rings is 1. The Bertz CT molecular complexity index is 769. The highest BCUT2D eigenvalue weighted by Crippen LogP contribution is 2.28. The summed E-state index contributed by atoms with van der Waals surface area (Å²) in [6, 6.07) is 7.59. The number of benzene rings is 1. The molecule has 1 aliphatic heterocycles. The van der Waals surface area contributed by atoms with Gasteiger partial charge in [0, 0.05) is 41.1 Å². The summed E-state index contributed by atoms with van der Waals surface area (Å²) in [6.07, 6.45) is 2.49. The average Bonchev–Trinajstić information content (AvgIpc) is 3.11. The summed E-state index contributed by atoms with van der Waals surface area (Å²) < 4.78 is 0. The molecule has 0 radical (unpaired) electrons. The van der Waals surface area contributed by atoms with Crippen molar-refractivity contribution in [1.82, 2.24) is 4.98 Å². The highest BCUT2D eigenvalue weighted by atomic mass is 32.1. The summed E-state index contributed by atoms with van der Waals surface area (Å²) in [5.74, 6) is 0.0817. The van der Waals surface area contributed by atoms with Gasteiger partial charge in [-0.3, -0.25) is 9.59 Å². The van der Waals surface area contributed by atoms with E-state index >= 15 is 0 Å². The third kappa shape index (κ3) is 4.30. The van der Waals surface area contributed by atoms with Crippen LogP contribution in [0.15, 0.2) is 29.6 Å². The molecule has 26 heavy (non-hydrogen) atoms. The summed E-state index contributed by atoms with van der Waals surface area (Å²) >= 11 is 1.49. The lowest BCUT2D eigenvalue weighted by molar-refractivity contribution is -0.120. The van der Waals surface area contributed by atoms with E-state index in [0.29, 0.717) is 10.7 Å². The predicted octanol–water partition coefficient (Wildman–Crippen LogP) is 4.11. The zero-order valence-corrected chi connectivity index (χ0v) is 16.3. The van der Waals surface area contributed by atoms with Crippen LogP contribution in [0.2, 0.25) is 0 Å². The number of piperidine rings is 1. The lowest BCUT2D eigenvalue weighted by Gasteiger charge is -2.32. The van der Waals surface area contributed by atoms with E-state index in [0.717, 1.165) is 43.6 Å². The van der Waals surface area contributed by atoms with Gasteiger partial charge in [0.2, 0.25) is 5.91 Å². The van der Waals surface area contributed by atoms with Crippen molar-refractivity contribution in [3.05, 3.63) is 40.9 Å². The number of nitrogens with zero attached hydrogens (tertiary/aromatic N) is 2. The molecule has 138 valence electrons. The molecule has 0 saturated carbocycles. The van der Waals surface area contributed by atoms with Gasteiger partial charge in [-0.25, -0.2) is 4.98 Å². The van der Waals surface area contributed by atoms with Crippen molar-refractivity contribution < 1.29 is 9.59 Å². The number of anilines is 2. The van der Waals surface area contributed by atoms with E-state index in [-0.39, 0.29) is 17.2 Å². The maximum Gasteiger partial charge on any atom is 0.229 e. The molecule has 6 heteroatoms. The van der Waals surface area contributed by atoms with Crippen molar-refractivity contribution >= 4 is 34.3 Å². The fourth-order valence-electron chi connectivity index (χ4n) is 3.05. The molecule has 3 rings (SSSR count). The van der Waals surface area contributed by atoms with Gasteiger partial charge in [-0.2, -0.15) is 0 Å². The fraction of sp³-hybridized carbons (Fsp3) is 0.450. The standard InChI is InChI=1S/C20H25N3O2S/c1-20(2,3)17-13-26-19(21-17)22-18(25)15-8-10-23(11-9-15)16-6-4-14(12-24)5-7-16/h4-7,12-13,15H,8-11H2,1-3H3,(H,21,22,25). The molecule has 0 spiro atoms. The molecular weight excluding hydrogens is 346 g/mol. The van der Waals surface area contributed by atoms with Gasteiger partial charge in [-0.15, -0.1) is 11.3 Å². The number of carbonyl (C=O) groups excluding carboxylic acids is 2. The SMILES string of the molecule is CC(C)(C)c1csc(NC(=O)C2CCN(c3ccc(C=O)cc3)CC2)n1. The van der Waals surface area contributed by atoms with Gasteiger partial charge in [0.25, 0.3) is 0 Å². The Labute approximate surface area is 158 Å². The van der Waals surface area contributed by atoms with Crippen molar-refractivity contribution in [2.75, 3.05) is 23.3 Å². The molecule has 2 heterocycles. The largest absolute Gasteiger partial charge is 0.371 e. The van der Waals surface area contributed by atoms with Gasteiger partial charge in [-0.05, 0) is 37.1 Å². The van der Waals surface area contributed by atoms with Crippen LogP contribution in [0.4, 0.5) is 10.8 Å². The Hall–Kier alpha value is -2.21. The first-order chi connectivity index (χ1) is 12.4. The van der Waals surface area contributed by atoms with Crippen LogP contribution in [-0.2, 0) is 10.2 Å².